The maximum Gasteiger partial charge on any atom is 0.241 e. The third-order valence-electron chi connectivity index (χ3n) is 3.23. The second-order valence-electron chi connectivity index (χ2n) is 4.91. The molecule has 0 bridgehead atoms. The summed E-state index contributed by atoms with van der Waals surface area (Å²) in [5, 5.41) is 1.69. The zero-order valence-electron chi connectivity index (χ0n) is 12.5. The van der Waals surface area contributed by atoms with Crippen LogP contribution < -0.4 is 9.62 Å². The normalized spacial score (nSPS) is 11.8. The predicted molar refractivity (Wildman–Crippen MR) is 91.8 cm³/mol. The molecule has 4 nitrogen and oxygen atoms in total. The van der Waals surface area contributed by atoms with Gasteiger partial charge in [0.2, 0.25) is 10.0 Å². The van der Waals surface area contributed by atoms with Crippen molar-refractivity contribution in [2.75, 3.05) is 37.5 Å². The molecule has 0 heterocycles. The number of nitrogens with zero attached hydrogens (tertiary/aromatic N) is 1. The number of benzene rings is 2. The quantitative estimate of drug-likeness (QED) is 0.830. The number of anilines is 1. The van der Waals surface area contributed by atoms with Crippen molar-refractivity contribution in [3.8, 4) is 0 Å². The predicted octanol–water partition coefficient (Wildman–Crippen LogP) is 2.55. The number of nitrogens with one attached hydrogen (secondary N) is 1. The van der Waals surface area contributed by atoms with Crippen LogP contribution in [0.25, 0.3) is 10.8 Å². The van der Waals surface area contributed by atoms with E-state index in [2.05, 4.69) is 4.72 Å². The van der Waals surface area contributed by atoms with Gasteiger partial charge in [0.25, 0.3) is 0 Å². The Balaban J connectivity index is 2.53. The number of sulfonamides is 1. The summed E-state index contributed by atoms with van der Waals surface area (Å²) in [6.07, 6.45) is 1.95. The van der Waals surface area contributed by atoms with Crippen LogP contribution in [0.1, 0.15) is 0 Å². The van der Waals surface area contributed by atoms with Gasteiger partial charge in [-0.3, -0.25) is 0 Å². The monoisotopic (exact) mass is 324 g/mol. The highest BCUT2D eigenvalue weighted by Gasteiger charge is 2.17. The Labute approximate surface area is 130 Å². The van der Waals surface area contributed by atoms with Gasteiger partial charge in [-0.25, -0.2) is 13.1 Å². The summed E-state index contributed by atoms with van der Waals surface area (Å²) in [5.41, 5.74) is 1.01. The van der Waals surface area contributed by atoms with Crippen molar-refractivity contribution in [2.24, 2.45) is 0 Å². The number of hydrogen-bond acceptors (Lipinski definition) is 4. The highest BCUT2D eigenvalue weighted by atomic mass is 32.2. The summed E-state index contributed by atoms with van der Waals surface area (Å²) < 4.78 is 27.6. The van der Waals surface area contributed by atoms with E-state index in [0.717, 1.165) is 22.2 Å². The zero-order chi connectivity index (χ0) is 15.5. The van der Waals surface area contributed by atoms with Crippen LogP contribution >= 0.6 is 11.8 Å². The van der Waals surface area contributed by atoms with E-state index >= 15 is 0 Å². The summed E-state index contributed by atoms with van der Waals surface area (Å²) in [6.45, 7) is 0.438. The van der Waals surface area contributed by atoms with Crippen LogP contribution in [0.5, 0.6) is 0 Å². The van der Waals surface area contributed by atoms with Crippen molar-refractivity contribution in [1.82, 2.24) is 4.72 Å². The minimum Gasteiger partial charge on any atom is -0.377 e. The van der Waals surface area contributed by atoms with Crippen molar-refractivity contribution in [2.45, 2.75) is 4.90 Å². The fourth-order valence-electron chi connectivity index (χ4n) is 2.24. The Morgan fingerprint density at radius 2 is 1.76 bits per heavy atom. The van der Waals surface area contributed by atoms with Crippen LogP contribution in [0.3, 0.4) is 0 Å². The molecule has 2 aromatic rings. The molecule has 0 saturated heterocycles. The fourth-order valence-corrected chi connectivity index (χ4v) is 3.93. The van der Waals surface area contributed by atoms with Crippen LogP contribution in [-0.2, 0) is 10.0 Å². The van der Waals surface area contributed by atoms with Gasteiger partial charge >= 0.3 is 0 Å². The van der Waals surface area contributed by atoms with Crippen molar-refractivity contribution in [3.63, 3.8) is 0 Å². The topological polar surface area (TPSA) is 49.4 Å². The summed E-state index contributed by atoms with van der Waals surface area (Å²) in [4.78, 5) is 2.32. The van der Waals surface area contributed by atoms with Gasteiger partial charge < -0.3 is 4.90 Å². The molecule has 0 atom stereocenters. The molecule has 0 aliphatic rings. The van der Waals surface area contributed by atoms with E-state index in [9.17, 15) is 8.42 Å². The van der Waals surface area contributed by atoms with Crippen molar-refractivity contribution in [3.05, 3.63) is 36.4 Å². The Morgan fingerprint density at radius 1 is 1.10 bits per heavy atom. The first-order valence-electron chi connectivity index (χ1n) is 6.65. The van der Waals surface area contributed by atoms with Gasteiger partial charge in [0.15, 0.2) is 0 Å². The van der Waals surface area contributed by atoms with Gasteiger partial charge in [-0.05, 0) is 18.4 Å². The molecule has 0 spiro atoms. The van der Waals surface area contributed by atoms with E-state index in [1.807, 2.05) is 49.5 Å². The second-order valence-corrected chi connectivity index (χ2v) is 7.63. The second kappa shape index (κ2) is 6.68. The molecule has 0 aliphatic carbocycles. The van der Waals surface area contributed by atoms with Gasteiger partial charge in [-0.1, -0.05) is 24.3 Å². The molecule has 2 aromatic carbocycles. The van der Waals surface area contributed by atoms with E-state index in [0.29, 0.717) is 11.4 Å². The Kier molecular flexibility index (Phi) is 5.13. The van der Waals surface area contributed by atoms with Crippen LogP contribution in [0.4, 0.5) is 5.69 Å². The Morgan fingerprint density at radius 3 is 2.43 bits per heavy atom. The molecule has 114 valence electrons. The Hall–Kier alpha value is -1.24. The molecule has 0 aromatic heterocycles. The smallest absolute Gasteiger partial charge is 0.241 e. The van der Waals surface area contributed by atoms with Crippen molar-refractivity contribution >= 4 is 38.2 Å². The van der Waals surface area contributed by atoms with Crippen molar-refractivity contribution < 1.29 is 8.42 Å². The van der Waals surface area contributed by atoms with E-state index in [1.165, 1.54) is 0 Å². The molecule has 0 saturated carbocycles. The van der Waals surface area contributed by atoms with Crippen molar-refractivity contribution in [1.29, 1.82) is 0 Å². The van der Waals surface area contributed by atoms with Gasteiger partial charge in [-0.2, -0.15) is 11.8 Å². The van der Waals surface area contributed by atoms with E-state index in [4.69, 9.17) is 0 Å². The lowest BCUT2D eigenvalue weighted by Crippen LogP contribution is -2.26. The van der Waals surface area contributed by atoms with Crippen LogP contribution in [-0.4, -0.2) is 41.1 Å². The van der Waals surface area contributed by atoms with E-state index in [-0.39, 0.29) is 0 Å². The highest BCUT2D eigenvalue weighted by Crippen LogP contribution is 2.29. The third-order valence-corrected chi connectivity index (χ3v) is 5.36. The first kappa shape index (κ1) is 16.1. The first-order chi connectivity index (χ1) is 9.97. The molecule has 2 rings (SSSR count). The molecule has 0 amide bonds. The maximum absolute atomic E-state index is 12.5. The fraction of sp³-hybridized carbons (Fsp3) is 0.333. The summed E-state index contributed by atoms with van der Waals surface area (Å²) in [5.74, 6) is 0.757. The minimum atomic E-state index is -3.48. The molecule has 21 heavy (non-hydrogen) atoms. The van der Waals surface area contributed by atoms with E-state index < -0.39 is 10.0 Å². The SMILES string of the molecule is CSCCNS(=O)(=O)c1cccc2c(N(C)C)cccc12. The number of rotatable bonds is 6. The maximum atomic E-state index is 12.5. The summed E-state index contributed by atoms with van der Waals surface area (Å²) in [6, 6.07) is 11.1. The molecule has 0 unspecified atom stereocenters. The molecular weight excluding hydrogens is 304 g/mol. The van der Waals surface area contributed by atoms with Gasteiger partial charge in [-0.15, -0.1) is 0 Å². The lowest BCUT2D eigenvalue weighted by molar-refractivity contribution is 0.585. The van der Waals surface area contributed by atoms with Crippen LogP contribution in [0.2, 0.25) is 0 Å². The summed E-state index contributed by atoms with van der Waals surface area (Å²) >= 11 is 1.61. The number of fused-ring (bicyclic) bond motifs is 1. The minimum absolute atomic E-state index is 0.338. The van der Waals surface area contributed by atoms with E-state index in [1.54, 1.807) is 23.9 Å². The van der Waals surface area contributed by atoms with Crippen LogP contribution in [0.15, 0.2) is 41.3 Å². The van der Waals surface area contributed by atoms with Gasteiger partial charge in [0.05, 0.1) is 4.90 Å². The van der Waals surface area contributed by atoms with Gasteiger partial charge in [0.1, 0.15) is 0 Å². The molecule has 0 fully saturated rings. The molecular formula is C15H20N2O2S2. The lowest BCUT2D eigenvalue weighted by Gasteiger charge is -2.17. The Bertz CT molecular complexity index is 728. The average Bonchev–Trinajstić information content (AvgIpc) is 2.46. The standard InChI is InChI=1S/C15H20N2O2S2/c1-17(2)14-8-4-7-13-12(14)6-5-9-15(13)21(18,19)16-10-11-20-3/h4-9,16H,10-11H2,1-3H3. The first-order valence-corrected chi connectivity index (χ1v) is 9.53. The zero-order valence-corrected chi connectivity index (χ0v) is 14.1. The third kappa shape index (κ3) is 3.51. The highest BCUT2D eigenvalue weighted by molar-refractivity contribution is 7.98. The number of thioether (sulfide) groups is 1. The molecule has 0 aliphatic heterocycles. The van der Waals surface area contributed by atoms with Crippen LogP contribution in [0, 0.1) is 0 Å². The molecule has 6 heteroatoms. The number of hydrogen-bond donors (Lipinski definition) is 1. The summed E-state index contributed by atoms with van der Waals surface area (Å²) in [7, 11) is 0.419. The molecule has 0 radical (unpaired) electrons. The molecule has 1 N–H and O–H groups in total. The lowest BCUT2D eigenvalue weighted by atomic mass is 10.1. The average molecular weight is 324 g/mol. The largest absolute Gasteiger partial charge is 0.377 e. The van der Waals surface area contributed by atoms with Gasteiger partial charge in [0, 0.05) is 42.9 Å².